The highest BCUT2D eigenvalue weighted by molar-refractivity contribution is 7.91. The van der Waals surface area contributed by atoms with Gasteiger partial charge >= 0.3 is 0 Å². The molecular formula is C20H23N5O3S2. The van der Waals surface area contributed by atoms with Crippen LogP contribution in [0.3, 0.4) is 0 Å². The number of amides is 1. The SMILES string of the molecule is C[C@@H]1C[C@@H]1C(=O)Nc1nc2cccc(-c3ccc(CN4CCS(=O)(=O)CC4)s3)n2n1. The van der Waals surface area contributed by atoms with Crippen LogP contribution in [0.4, 0.5) is 5.95 Å². The quantitative estimate of drug-likeness (QED) is 0.647. The highest BCUT2D eigenvalue weighted by atomic mass is 32.2. The van der Waals surface area contributed by atoms with Crippen molar-refractivity contribution < 1.29 is 13.2 Å². The summed E-state index contributed by atoms with van der Waals surface area (Å²) >= 11 is 1.67. The number of nitrogens with one attached hydrogen (secondary N) is 1. The second-order valence-electron chi connectivity index (χ2n) is 8.12. The van der Waals surface area contributed by atoms with Crippen LogP contribution in [0.2, 0.25) is 0 Å². The van der Waals surface area contributed by atoms with Gasteiger partial charge in [0.1, 0.15) is 0 Å². The van der Waals surface area contributed by atoms with Crippen LogP contribution in [0, 0.1) is 11.8 Å². The van der Waals surface area contributed by atoms with Crippen molar-refractivity contribution >= 4 is 38.7 Å². The van der Waals surface area contributed by atoms with E-state index in [1.54, 1.807) is 15.9 Å². The Balaban J connectivity index is 1.34. The topological polar surface area (TPSA) is 96.7 Å². The first-order valence-corrected chi connectivity index (χ1v) is 12.7. The molecule has 0 radical (unpaired) electrons. The maximum atomic E-state index is 12.2. The maximum absolute atomic E-state index is 12.2. The average molecular weight is 446 g/mol. The first-order chi connectivity index (χ1) is 14.4. The predicted octanol–water partition coefficient (Wildman–Crippen LogP) is 2.28. The van der Waals surface area contributed by atoms with Crippen LogP contribution in [0.5, 0.6) is 0 Å². The van der Waals surface area contributed by atoms with E-state index in [1.807, 2.05) is 18.2 Å². The number of hydrogen-bond acceptors (Lipinski definition) is 7. The molecule has 1 amide bonds. The van der Waals surface area contributed by atoms with Crippen molar-refractivity contribution in [2.75, 3.05) is 29.9 Å². The average Bonchev–Trinajstić information content (AvgIpc) is 3.10. The van der Waals surface area contributed by atoms with E-state index in [0.29, 0.717) is 30.6 Å². The highest BCUT2D eigenvalue weighted by Crippen LogP contribution is 2.38. The summed E-state index contributed by atoms with van der Waals surface area (Å²) in [7, 11) is -2.87. The normalized spacial score (nSPS) is 23.5. The summed E-state index contributed by atoms with van der Waals surface area (Å²) in [6.07, 6.45) is 0.922. The Kier molecular flexibility index (Phi) is 4.87. The summed E-state index contributed by atoms with van der Waals surface area (Å²) in [5.41, 5.74) is 1.60. The molecule has 2 atom stereocenters. The number of hydrogen-bond donors (Lipinski definition) is 1. The van der Waals surface area contributed by atoms with E-state index in [9.17, 15) is 13.2 Å². The molecule has 1 aliphatic carbocycles. The number of pyridine rings is 1. The van der Waals surface area contributed by atoms with Gasteiger partial charge in [0.05, 0.1) is 22.1 Å². The molecule has 1 N–H and O–H groups in total. The maximum Gasteiger partial charge on any atom is 0.249 e. The molecule has 1 saturated heterocycles. The lowest BCUT2D eigenvalue weighted by molar-refractivity contribution is -0.117. The van der Waals surface area contributed by atoms with E-state index in [1.165, 1.54) is 4.88 Å². The minimum absolute atomic E-state index is 0.0121. The summed E-state index contributed by atoms with van der Waals surface area (Å²) in [6, 6.07) is 9.92. The van der Waals surface area contributed by atoms with E-state index in [0.717, 1.165) is 23.5 Å². The van der Waals surface area contributed by atoms with Crippen molar-refractivity contribution in [2.45, 2.75) is 19.9 Å². The largest absolute Gasteiger partial charge is 0.296 e. The fourth-order valence-corrected chi connectivity index (χ4v) is 6.10. The van der Waals surface area contributed by atoms with Crippen LogP contribution in [0.25, 0.3) is 16.2 Å². The zero-order valence-electron chi connectivity index (χ0n) is 16.6. The number of rotatable bonds is 5. The molecule has 0 bridgehead atoms. The minimum atomic E-state index is -2.87. The second kappa shape index (κ2) is 7.44. The van der Waals surface area contributed by atoms with Crippen LogP contribution >= 0.6 is 11.3 Å². The summed E-state index contributed by atoms with van der Waals surface area (Å²) in [4.78, 5) is 21.1. The van der Waals surface area contributed by atoms with Crippen molar-refractivity contribution in [3.05, 3.63) is 35.2 Å². The molecule has 0 aromatic carbocycles. The fraction of sp³-hybridized carbons (Fsp3) is 0.450. The van der Waals surface area contributed by atoms with Crippen molar-refractivity contribution in [1.82, 2.24) is 19.5 Å². The third-order valence-corrected chi connectivity index (χ3v) is 8.47. The second-order valence-corrected chi connectivity index (χ2v) is 11.6. The monoisotopic (exact) mass is 445 g/mol. The Morgan fingerprint density at radius 1 is 1.23 bits per heavy atom. The molecule has 5 rings (SSSR count). The fourth-order valence-electron chi connectivity index (χ4n) is 3.76. The van der Waals surface area contributed by atoms with Crippen LogP contribution in [0.1, 0.15) is 18.2 Å². The number of anilines is 1. The third kappa shape index (κ3) is 3.99. The molecule has 0 unspecified atom stereocenters. The molecule has 3 aromatic heterocycles. The number of thiophene rings is 1. The molecule has 10 heteroatoms. The molecule has 4 heterocycles. The van der Waals surface area contributed by atoms with Crippen LogP contribution < -0.4 is 5.32 Å². The zero-order valence-corrected chi connectivity index (χ0v) is 18.2. The Bertz CT molecular complexity index is 1200. The van der Waals surface area contributed by atoms with Gasteiger partial charge in [0.2, 0.25) is 11.9 Å². The van der Waals surface area contributed by atoms with Crippen molar-refractivity contribution in [2.24, 2.45) is 11.8 Å². The first kappa shape index (κ1) is 19.7. The summed E-state index contributed by atoms with van der Waals surface area (Å²) in [5.74, 6) is 1.29. The van der Waals surface area contributed by atoms with Gasteiger partial charge in [-0.25, -0.2) is 12.9 Å². The molecule has 2 aliphatic rings. The van der Waals surface area contributed by atoms with Crippen molar-refractivity contribution in [3.63, 3.8) is 0 Å². The summed E-state index contributed by atoms with van der Waals surface area (Å²) < 4.78 is 25.0. The van der Waals surface area contributed by atoms with Crippen LogP contribution in [-0.2, 0) is 21.2 Å². The van der Waals surface area contributed by atoms with Gasteiger partial charge in [0, 0.05) is 30.4 Å². The molecule has 8 nitrogen and oxygen atoms in total. The molecular weight excluding hydrogens is 422 g/mol. The third-order valence-electron chi connectivity index (χ3n) is 5.77. The number of fused-ring (bicyclic) bond motifs is 1. The molecule has 0 spiro atoms. The Hall–Kier alpha value is -2.30. The highest BCUT2D eigenvalue weighted by Gasteiger charge is 2.39. The lowest BCUT2D eigenvalue weighted by Gasteiger charge is -2.25. The van der Waals surface area contributed by atoms with Gasteiger partial charge in [-0.15, -0.1) is 16.4 Å². The van der Waals surface area contributed by atoms with E-state index in [-0.39, 0.29) is 23.3 Å². The van der Waals surface area contributed by atoms with Gasteiger partial charge in [-0.2, -0.15) is 4.98 Å². The summed E-state index contributed by atoms with van der Waals surface area (Å²) in [5, 5.41) is 7.34. The Labute approximate surface area is 178 Å². The van der Waals surface area contributed by atoms with Crippen LogP contribution in [0.15, 0.2) is 30.3 Å². The van der Waals surface area contributed by atoms with Gasteiger partial charge < -0.3 is 0 Å². The first-order valence-electron chi connectivity index (χ1n) is 10.1. The Morgan fingerprint density at radius 3 is 2.73 bits per heavy atom. The van der Waals surface area contributed by atoms with E-state index in [4.69, 9.17) is 0 Å². The van der Waals surface area contributed by atoms with Crippen LogP contribution in [-0.4, -0.2) is 58.4 Å². The summed E-state index contributed by atoms with van der Waals surface area (Å²) in [6.45, 7) is 3.97. The number of aromatic nitrogens is 3. The molecule has 158 valence electrons. The lowest BCUT2D eigenvalue weighted by atomic mass is 10.3. The standard InChI is InChI=1S/C20H23N5O3S2/c1-13-11-15(13)19(26)22-20-21-18-4-2-3-16(25(18)23-20)17-6-5-14(29-17)12-24-7-9-30(27,28)10-8-24/h2-6,13,15H,7-12H2,1H3,(H,22,23,26)/t13-,15+/m1/s1. The molecule has 1 aliphatic heterocycles. The number of nitrogens with zero attached hydrogens (tertiary/aromatic N) is 4. The van der Waals surface area contributed by atoms with Crippen molar-refractivity contribution in [1.29, 1.82) is 0 Å². The van der Waals surface area contributed by atoms with E-state index < -0.39 is 9.84 Å². The number of carbonyl (C=O) groups is 1. The van der Waals surface area contributed by atoms with Gasteiger partial charge in [-0.3, -0.25) is 15.0 Å². The van der Waals surface area contributed by atoms with Gasteiger partial charge in [0.15, 0.2) is 15.5 Å². The molecule has 30 heavy (non-hydrogen) atoms. The van der Waals surface area contributed by atoms with Gasteiger partial charge in [-0.05, 0) is 36.6 Å². The molecule has 1 saturated carbocycles. The van der Waals surface area contributed by atoms with Gasteiger partial charge in [0.25, 0.3) is 0 Å². The Morgan fingerprint density at radius 2 is 2.00 bits per heavy atom. The predicted molar refractivity (Wildman–Crippen MR) is 116 cm³/mol. The smallest absolute Gasteiger partial charge is 0.249 e. The van der Waals surface area contributed by atoms with Crippen molar-refractivity contribution in [3.8, 4) is 10.6 Å². The van der Waals surface area contributed by atoms with E-state index >= 15 is 0 Å². The zero-order chi connectivity index (χ0) is 20.9. The van der Waals surface area contributed by atoms with E-state index in [2.05, 4.69) is 39.4 Å². The van der Waals surface area contributed by atoms with Gasteiger partial charge in [-0.1, -0.05) is 13.0 Å². The lowest BCUT2D eigenvalue weighted by Crippen LogP contribution is -2.39. The molecule has 2 fully saturated rings. The number of carbonyl (C=O) groups excluding carboxylic acids is 1. The minimum Gasteiger partial charge on any atom is -0.296 e. The number of sulfone groups is 1. The molecule has 3 aromatic rings.